The van der Waals surface area contributed by atoms with E-state index in [0.29, 0.717) is 11.7 Å². The average molecular weight is 337 g/mol. The van der Waals surface area contributed by atoms with Crippen LogP contribution in [0.15, 0.2) is 30.3 Å². The van der Waals surface area contributed by atoms with Crippen LogP contribution in [-0.2, 0) is 0 Å². The highest BCUT2D eigenvalue weighted by atomic mass is 127. The van der Waals surface area contributed by atoms with Gasteiger partial charge in [0.1, 0.15) is 11.6 Å². The number of benzene rings is 1. The van der Waals surface area contributed by atoms with E-state index in [1.54, 1.807) is 0 Å². The summed E-state index contributed by atoms with van der Waals surface area (Å²) in [6.45, 7) is 0. The molecule has 17 heavy (non-hydrogen) atoms. The third-order valence-electron chi connectivity index (χ3n) is 2.83. The lowest BCUT2D eigenvalue weighted by Gasteiger charge is -2.05. The molecule has 0 aliphatic heterocycles. The summed E-state index contributed by atoms with van der Waals surface area (Å²) >= 11 is 2.30. The van der Waals surface area contributed by atoms with Crippen LogP contribution < -0.4 is 5.73 Å². The van der Waals surface area contributed by atoms with E-state index in [2.05, 4.69) is 50.8 Å². The molecule has 2 aromatic rings. The highest BCUT2D eigenvalue weighted by molar-refractivity contribution is 14.1. The van der Waals surface area contributed by atoms with Gasteiger partial charge in [-0.3, -0.25) is 0 Å². The molecule has 86 valence electrons. The van der Waals surface area contributed by atoms with Crippen molar-refractivity contribution >= 4 is 28.4 Å². The predicted molar refractivity (Wildman–Crippen MR) is 76.6 cm³/mol. The molecule has 2 N–H and O–H groups in total. The first-order valence-electron chi connectivity index (χ1n) is 5.63. The second-order valence-electron chi connectivity index (χ2n) is 4.32. The Hall–Kier alpha value is -1.17. The van der Waals surface area contributed by atoms with E-state index in [4.69, 9.17) is 5.73 Å². The van der Waals surface area contributed by atoms with Crippen molar-refractivity contribution in [1.29, 1.82) is 0 Å². The summed E-state index contributed by atoms with van der Waals surface area (Å²) in [6.07, 6.45) is 2.38. The van der Waals surface area contributed by atoms with E-state index in [1.165, 1.54) is 16.4 Å². The summed E-state index contributed by atoms with van der Waals surface area (Å²) in [6, 6.07) is 10.1. The summed E-state index contributed by atoms with van der Waals surface area (Å²) in [5.74, 6) is 2.00. The second-order valence-corrected chi connectivity index (χ2v) is 5.57. The molecule has 0 bridgehead atoms. The monoisotopic (exact) mass is 337 g/mol. The fraction of sp³-hybridized carbons (Fsp3) is 0.231. The van der Waals surface area contributed by atoms with E-state index in [1.807, 2.05) is 12.1 Å². The summed E-state index contributed by atoms with van der Waals surface area (Å²) in [5.41, 5.74) is 7.88. The summed E-state index contributed by atoms with van der Waals surface area (Å²) in [7, 11) is 0. The lowest BCUT2D eigenvalue weighted by atomic mass is 10.1. The number of aromatic nitrogens is 2. The molecule has 0 saturated heterocycles. The van der Waals surface area contributed by atoms with Gasteiger partial charge in [0.2, 0.25) is 0 Å². The van der Waals surface area contributed by atoms with Gasteiger partial charge in [-0.05, 0) is 47.6 Å². The van der Waals surface area contributed by atoms with Crippen molar-refractivity contribution in [2.75, 3.05) is 5.73 Å². The molecule has 3 nitrogen and oxygen atoms in total. The fourth-order valence-electron chi connectivity index (χ4n) is 1.81. The molecule has 1 aromatic carbocycles. The smallest absolute Gasteiger partial charge is 0.134 e. The molecule has 1 aliphatic carbocycles. The summed E-state index contributed by atoms with van der Waals surface area (Å²) in [4.78, 5) is 8.92. The number of nitrogens with zero attached hydrogens (tertiary/aromatic N) is 2. The Balaban J connectivity index is 2.07. The topological polar surface area (TPSA) is 51.8 Å². The van der Waals surface area contributed by atoms with Crippen LogP contribution in [0, 0.1) is 3.57 Å². The minimum atomic E-state index is 0.528. The van der Waals surface area contributed by atoms with E-state index < -0.39 is 0 Å². The Morgan fingerprint density at radius 2 is 2.00 bits per heavy atom. The Morgan fingerprint density at radius 1 is 1.18 bits per heavy atom. The van der Waals surface area contributed by atoms with Crippen LogP contribution >= 0.6 is 22.6 Å². The van der Waals surface area contributed by atoms with Crippen molar-refractivity contribution in [3.8, 4) is 11.3 Å². The molecule has 1 aromatic heterocycles. The minimum Gasteiger partial charge on any atom is -0.384 e. The molecule has 0 amide bonds. The van der Waals surface area contributed by atoms with E-state index in [-0.39, 0.29) is 0 Å². The van der Waals surface area contributed by atoms with Crippen LogP contribution in [0.1, 0.15) is 24.6 Å². The molecule has 0 spiro atoms. The number of nitrogen functional groups attached to an aromatic ring is 1. The maximum Gasteiger partial charge on any atom is 0.134 e. The average Bonchev–Trinajstić information content (AvgIpc) is 3.12. The van der Waals surface area contributed by atoms with Crippen molar-refractivity contribution in [2.45, 2.75) is 18.8 Å². The molecule has 3 rings (SSSR count). The lowest BCUT2D eigenvalue weighted by molar-refractivity contribution is 0.936. The highest BCUT2D eigenvalue weighted by Crippen LogP contribution is 2.39. The van der Waals surface area contributed by atoms with Gasteiger partial charge in [0.25, 0.3) is 0 Å². The van der Waals surface area contributed by atoms with Gasteiger partial charge >= 0.3 is 0 Å². The number of nitrogens with two attached hydrogens (primary N) is 1. The number of rotatable bonds is 2. The van der Waals surface area contributed by atoms with Crippen LogP contribution in [0.3, 0.4) is 0 Å². The molecule has 4 heteroatoms. The third kappa shape index (κ3) is 2.41. The van der Waals surface area contributed by atoms with E-state index in [0.717, 1.165) is 17.1 Å². The molecule has 0 radical (unpaired) electrons. The SMILES string of the molecule is Nc1cc(-c2cccc(I)c2)nc(C2CC2)n1. The summed E-state index contributed by atoms with van der Waals surface area (Å²) < 4.78 is 1.20. The number of halogens is 1. The first kappa shape index (κ1) is 11.0. The van der Waals surface area contributed by atoms with Crippen molar-refractivity contribution in [3.63, 3.8) is 0 Å². The van der Waals surface area contributed by atoms with Gasteiger partial charge in [0.15, 0.2) is 0 Å². The molecular formula is C13H12IN3. The highest BCUT2D eigenvalue weighted by Gasteiger charge is 2.27. The Morgan fingerprint density at radius 3 is 2.71 bits per heavy atom. The minimum absolute atomic E-state index is 0.528. The van der Waals surface area contributed by atoms with Crippen molar-refractivity contribution in [2.24, 2.45) is 0 Å². The molecule has 1 aliphatic rings. The van der Waals surface area contributed by atoms with Gasteiger partial charge in [0, 0.05) is 21.1 Å². The van der Waals surface area contributed by atoms with Crippen LogP contribution in [-0.4, -0.2) is 9.97 Å². The zero-order chi connectivity index (χ0) is 11.8. The van der Waals surface area contributed by atoms with Crippen molar-refractivity contribution in [3.05, 3.63) is 39.7 Å². The number of hydrogen-bond donors (Lipinski definition) is 1. The van der Waals surface area contributed by atoms with Gasteiger partial charge in [-0.25, -0.2) is 9.97 Å². The van der Waals surface area contributed by atoms with Gasteiger partial charge < -0.3 is 5.73 Å². The Kier molecular flexibility index (Phi) is 2.74. The fourth-order valence-corrected chi connectivity index (χ4v) is 2.35. The second kappa shape index (κ2) is 4.25. The van der Waals surface area contributed by atoms with Gasteiger partial charge in [-0.1, -0.05) is 12.1 Å². The first-order valence-corrected chi connectivity index (χ1v) is 6.70. The van der Waals surface area contributed by atoms with Gasteiger partial charge in [-0.15, -0.1) is 0 Å². The Labute approximate surface area is 114 Å². The van der Waals surface area contributed by atoms with E-state index in [9.17, 15) is 0 Å². The zero-order valence-electron chi connectivity index (χ0n) is 9.23. The third-order valence-corrected chi connectivity index (χ3v) is 3.50. The predicted octanol–water partition coefficient (Wildman–Crippen LogP) is 3.21. The molecule has 1 fully saturated rings. The molecule has 1 saturated carbocycles. The van der Waals surface area contributed by atoms with Crippen molar-refractivity contribution < 1.29 is 0 Å². The number of hydrogen-bond acceptors (Lipinski definition) is 3. The van der Waals surface area contributed by atoms with Gasteiger partial charge in [-0.2, -0.15) is 0 Å². The summed E-state index contributed by atoms with van der Waals surface area (Å²) in [5, 5.41) is 0. The quantitative estimate of drug-likeness (QED) is 0.857. The molecule has 0 unspecified atom stereocenters. The molecule has 1 heterocycles. The maximum atomic E-state index is 5.85. The molecule has 0 atom stereocenters. The van der Waals surface area contributed by atoms with Crippen LogP contribution in [0.5, 0.6) is 0 Å². The van der Waals surface area contributed by atoms with Crippen LogP contribution in [0.2, 0.25) is 0 Å². The Bertz CT molecular complexity index is 564. The van der Waals surface area contributed by atoms with Gasteiger partial charge in [0.05, 0.1) is 5.69 Å². The largest absolute Gasteiger partial charge is 0.384 e. The standard InChI is InChI=1S/C13H12IN3/c14-10-3-1-2-9(6-10)11-7-12(15)17-13(16-11)8-4-5-8/h1-3,6-8H,4-5H2,(H2,15,16,17). The van der Waals surface area contributed by atoms with Crippen molar-refractivity contribution in [1.82, 2.24) is 9.97 Å². The van der Waals surface area contributed by atoms with Crippen LogP contribution in [0.25, 0.3) is 11.3 Å². The zero-order valence-corrected chi connectivity index (χ0v) is 11.4. The normalized spacial score (nSPS) is 14.9. The number of anilines is 1. The lowest BCUT2D eigenvalue weighted by Crippen LogP contribution is -2.00. The van der Waals surface area contributed by atoms with Crippen LogP contribution in [0.4, 0.5) is 5.82 Å². The maximum absolute atomic E-state index is 5.85. The van der Waals surface area contributed by atoms with E-state index >= 15 is 0 Å². The first-order chi connectivity index (χ1) is 8.22. The molecular weight excluding hydrogens is 325 g/mol.